The van der Waals surface area contributed by atoms with Crippen LogP contribution in [0.1, 0.15) is 16.7 Å². The molecular formula is C20H18O5S. The molecule has 0 saturated carbocycles. The molecule has 3 rings (SSSR count). The van der Waals surface area contributed by atoms with E-state index in [0.717, 1.165) is 0 Å². The predicted octanol–water partition coefficient (Wildman–Crippen LogP) is 3.81. The second kappa shape index (κ2) is 7.29. The molecule has 0 atom stereocenters. The van der Waals surface area contributed by atoms with Gasteiger partial charge in [-0.3, -0.25) is 4.55 Å². The number of ether oxygens (including phenoxy) is 1. The van der Waals surface area contributed by atoms with Crippen LogP contribution in [0.2, 0.25) is 0 Å². The highest BCUT2D eigenvalue weighted by atomic mass is 32.3. The summed E-state index contributed by atoms with van der Waals surface area (Å²) >= 11 is 0. The summed E-state index contributed by atoms with van der Waals surface area (Å²) in [6.45, 7) is 0. The van der Waals surface area contributed by atoms with Gasteiger partial charge in [-0.15, -0.1) is 0 Å². The summed E-state index contributed by atoms with van der Waals surface area (Å²) in [5.74, 6) is 0.621. The predicted molar refractivity (Wildman–Crippen MR) is 98.4 cm³/mol. The Hall–Kier alpha value is -2.67. The van der Waals surface area contributed by atoms with Crippen LogP contribution in [-0.2, 0) is 20.2 Å². The van der Waals surface area contributed by atoms with Crippen molar-refractivity contribution in [1.82, 2.24) is 0 Å². The van der Waals surface area contributed by atoms with Crippen molar-refractivity contribution in [3.63, 3.8) is 0 Å². The lowest BCUT2D eigenvalue weighted by molar-refractivity contribution is 0.140. The summed E-state index contributed by atoms with van der Waals surface area (Å²) in [6.07, 6.45) is 0. The van der Waals surface area contributed by atoms with Crippen LogP contribution in [0.5, 0.6) is 5.75 Å². The zero-order valence-corrected chi connectivity index (χ0v) is 14.9. The molecule has 134 valence electrons. The van der Waals surface area contributed by atoms with E-state index >= 15 is 0 Å². The van der Waals surface area contributed by atoms with Crippen LogP contribution >= 0.6 is 0 Å². The number of benzene rings is 3. The van der Waals surface area contributed by atoms with E-state index in [0.29, 0.717) is 22.4 Å². The molecule has 0 amide bonds. The third-order valence-electron chi connectivity index (χ3n) is 4.09. The third-order valence-corrected chi connectivity index (χ3v) is 4.55. The molecule has 0 aromatic heterocycles. The molecule has 1 N–H and O–H groups in total. The smallest absolute Gasteiger partial charge is 0.398 e. The molecule has 0 fully saturated rings. The lowest BCUT2D eigenvalue weighted by Gasteiger charge is -2.33. The zero-order valence-electron chi connectivity index (χ0n) is 14.1. The van der Waals surface area contributed by atoms with E-state index in [-0.39, 0.29) is 0 Å². The molecule has 6 heteroatoms. The highest BCUT2D eigenvalue weighted by Crippen LogP contribution is 2.41. The Balaban J connectivity index is 2.34. The molecule has 5 nitrogen and oxygen atoms in total. The van der Waals surface area contributed by atoms with Gasteiger partial charge < -0.3 is 4.74 Å². The highest BCUT2D eigenvalue weighted by Gasteiger charge is 2.41. The van der Waals surface area contributed by atoms with Crippen molar-refractivity contribution < 1.29 is 21.9 Å². The van der Waals surface area contributed by atoms with Crippen molar-refractivity contribution in [3.8, 4) is 5.75 Å². The van der Waals surface area contributed by atoms with E-state index in [1.165, 1.54) is 0 Å². The Morgan fingerprint density at radius 3 is 1.54 bits per heavy atom. The van der Waals surface area contributed by atoms with Crippen molar-refractivity contribution in [2.45, 2.75) is 5.60 Å². The summed E-state index contributed by atoms with van der Waals surface area (Å²) in [4.78, 5) is 0. The maximum atomic E-state index is 11.8. The summed E-state index contributed by atoms with van der Waals surface area (Å²) in [5.41, 5.74) is 0.124. The highest BCUT2D eigenvalue weighted by molar-refractivity contribution is 7.80. The van der Waals surface area contributed by atoms with Gasteiger partial charge in [-0.1, -0.05) is 72.8 Å². The van der Waals surface area contributed by atoms with Crippen molar-refractivity contribution in [2.24, 2.45) is 0 Å². The molecule has 0 radical (unpaired) electrons. The van der Waals surface area contributed by atoms with Crippen LogP contribution in [0.3, 0.4) is 0 Å². The van der Waals surface area contributed by atoms with E-state index < -0.39 is 16.0 Å². The fraction of sp³-hybridized carbons (Fsp3) is 0.100. The van der Waals surface area contributed by atoms with Crippen LogP contribution in [-0.4, -0.2) is 20.1 Å². The fourth-order valence-corrected chi connectivity index (χ4v) is 3.58. The molecule has 0 unspecified atom stereocenters. The zero-order chi connectivity index (χ0) is 18.6. The molecular weight excluding hydrogens is 352 g/mol. The van der Waals surface area contributed by atoms with E-state index in [4.69, 9.17) is 8.92 Å². The second-order valence-corrected chi connectivity index (χ2v) is 6.67. The number of hydrogen-bond acceptors (Lipinski definition) is 4. The SMILES string of the molecule is COc1ccc(C(OS(=O)(=O)O)(c2ccccc2)c2ccccc2)cc1. The van der Waals surface area contributed by atoms with Gasteiger partial charge >= 0.3 is 10.4 Å². The second-order valence-electron chi connectivity index (χ2n) is 5.65. The van der Waals surface area contributed by atoms with E-state index in [9.17, 15) is 13.0 Å². The maximum absolute atomic E-state index is 11.8. The van der Waals surface area contributed by atoms with Crippen molar-refractivity contribution in [2.75, 3.05) is 7.11 Å². The Kier molecular flexibility index (Phi) is 5.08. The van der Waals surface area contributed by atoms with Gasteiger partial charge in [-0.05, 0) is 28.8 Å². The molecule has 0 heterocycles. The van der Waals surface area contributed by atoms with Crippen LogP contribution in [0.25, 0.3) is 0 Å². The van der Waals surface area contributed by atoms with E-state index in [1.54, 1.807) is 79.9 Å². The lowest BCUT2D eigenvalue weighted by atomic mass is 9.80. The Morgan fingerprint density at radius 1 is 0.731 bits per heavy atom. The molecule has 26 heavy (non-hydrogen) atoms. The first kappa shape index (κ1) is 18.1. The van der Waals surface area contributed by atoms with Crippen LogP contribution in [0.4, 0.5) is 0 Å². The Bertz CT molecular complexity index is 913. The minimum atomic E-state index is -4.77. The van der Waals surface area contributed by atoms with Gasteiger partial charge in [0.1, 0.15) is 5.75 Å². The first-order valence-corrected chi connectivity index (χ1v) is 9.26. The molecule has 3 aromatic carbocycles. The Labute approximate surface area is 152 Å². The minimum absolute atomic E-state index is 0.535. The van der Waals surface area contributed by atoms with Crippen LogP contribution in [0, 0.1) is 0 Å². The molecule has 0 bridgehead atoms. The monoisotopic (exact) mass is 370 g/mol. The van der Waals surface area contributed by atoms with Crippen molar-refractivity contribution in [3.05, 3.63) is 102 Å². The van der Waals surface area contributed by atoms with Crippen LogP contribution in [0.15, 0.2) is 84.9 Å². The molecule has 0 aliphatic rings. The van der Waals surface area contributed by atoms with Gasteiger partial charge in [-0.2, -0.15) is 8.42 Å². The van der Waals surface area contributed by atoms with E-state index in [1.807, 2.05) is 12.1 Å². The standard InChI is InChI=1S/C20H18O5S/c1-24-19-14-12-18(13-15-19)20(25-26(21,22)23,16-8-4-2-5-9-16)17-10-6-3-7-11-17/h2-15H,1H3,(H,21,22,23). The van der Waals surface area contributed by atoms with Gasteiger partial charge in [0, 0.05) is 0 Å². The van der Waals surface area contributed by atoms with Crippen LogP contribution < -0.4 is 4.74 Å². The number of methoxy groups -OCH3 is 1. The summed E-state index contributed by atoms with van der Waals surface area (Å²) in [6, 6.07) is 24.6. The number of hydrogen-bond donors (Lipinski definition) is 1. The molecule has 3 aromatic rings. The molecule has 0 saturated heterocycles. The first-order chi connectivity index (χ1) is 12.5. The maximum Gasteiger partial charge on any atom is 0.398 e. The quantitative estimate of drug-likeness (QED) is 0.528. The summed E-state index contributed by atoms with van der Waals surface area (Å²) < 4.78 is 43.7. The lowest BCUT2D eigenvalue weighted by Crippen LogP contribution is -2.35. The van der Waals surface area contributed by atoms with E-state index in [2.05, 4.69) is 0 Å². The van der Waals surface area contributed by atoms with Gasteiger partial charge in [0.2, 0.25) is 0 Å². The van der Waals surface area contributed by atoms with Gasteiger partial charge in [0.15, 0.2) is 5.60 Å². The van der Waals surface area contributed by atoms with Gasteiger partial charge in [0.25, 0.3) is 0 Å². The van der Waals surface area contributed by atoms with Crippen molar-refractivity contribution in [1.29, 1.82) is 0 Å². The average molecular weight is 370 g/mol. The Morgan fingerprint density at radius 2 is 1.15 bits per heavy atom. The average Bonchev–Trinajstić information content (AvgIpc) is 2.67. The summed E-state index contributed by atoms with van der Waals surface area (Å²) in [7, 11) is -3.23. The summed E-state index contributed by atoms with van der Waals surface area (Å²) in [5, 5.41) is 0. The molecule has 0 aliphatic heterocycles. The van der Waals surface area contributed by atoms with Gasteiger partial charge in [-0.25, -0.2) is 4.18 Å². The third kappa shape index (κ3) is 3.62. The normalized spacial score (nSPS) is 11.9. The fourth-order valence-electron chi connectivity index (χ4n) is 2.97. The van der Waals surface area contributed by atoms with Gasteiger partial charge in [0.05, 0.1) is 7.11 Å². The first-order valence-electron chi connectivity index (χ1n) is 7.89. The molecule has 0 spiro atoms. The largest absolute Gasteiger partial charge is 0.497 e. The topological polar surface area (TPSA) is 72.8 Å². The van der Waals surface area contributed by atoms with Crippen molar-refractivity contribution >= 4 is 10.4 Å². The minimum Gasteiger partial charge on any atom is -0.497 e. The molecule has 0 aliphatic carbocycles. The number of rotatable bonds is 6.